The van der Waals surface area contributed by atoms with E-state index in [4.69, 9.17) is 0 Å². The highest BCUT2D eigenvalue weighted by atomic mass is 79.9. The Hall–Kier alpha value is -0.440. The molecule has 2 atom stereocenters. The molecule has 2 unspecified atom stereocenters. The molecule has 0 amide bonds. The molecule has 0 saturated heterocycles. The van der Waals surface area contributed by atoms with E-state index < -0.39 is 11.6 Å². The average Bonchev–Trinajstić information content (AvgIpc) is 2.32. The van der Waals surface area contributed by atoms with Crippen molar-refractivity contribution < 1.29 is 8.78 Å². The number of halogens is 3. The zero-order valence-electron chi connectivity index (χ0n) is 11.6. The van der Waals surface area contributed by atoms with Crippen LogP contribution >= 0.6 is 15.9 Å². The van der Waals surface area contributed by atoms with Crippen molar-refractivity contribution in [2.75, 3.05) is 0 Å². The summed E-state index contributed by atoms with van der Waals surface area (Å²) in [5, 5.41) is 0. The van der Waals surface area contributed by atoms with E-state index in [-0.39, 0.29) is 4.83 Å². The first-order valence-corrected chi connectivity index (χ1v) is 7.90. The Labute approximate surface area is 122 Å². The highest BCUT2D eigenvalue weighted by Gasteiger charge is 2.36. The van der Waals surface area contributed by atoms with Crippen molar-refractivity contribution in [3.63, 3.8) is 0 Å². The first-order valence-electron chi connectivity index (χ1n) is 6.98. The van der Waals surface area contributed by atoms with Crippen LogP contribution in [0.15, 0.2) is 18.2 Å². The lowest BCUT2D eigenvalue weighted by molar-refractivity contribution is 0.136. The number of benzene rings is 1. The summed E-state index contributed by atoms with van der Waals surface area (Å²) in [6.07, 6.45) is 5.58. The Kier molecular flexibility index (Phi) is 4.65. The van der Waals surface area contributed by atoms with E-state index in [2.05, 4.69) is 29.8 Å². The lowest BCUT2D eigenvalue weighted by Gasteiger charge is -2.41. The third kappa shape index (κ3) is 3.56. The maximum Gasteiger partial charge on any atom is 0.129 e. The molecule has 1 fully saturated rings. The van der Waals surface area contributed by atoms with Gasteiger partial charge in [0, 0.05) is 10.9 Å². The summed E-state index contributed by atoms with van der Waals surface area (Å²) in [5.41, 5.74) is 0.896. The van der Waals surface area contributed by atoms with Gasteiger partial charge in [-0.3, -0.25) is 0 Å². The van der Waals surface area contributed by atoms with Crippen LogP contribution in [0.4, 0.5) is 8.78 Å². The van der Waals surface area contributed by atoms with E-state index in [0.29, 0.717) is 23.3 Å². The van der Waals surface area contributed by atoms with Gasteiger partial charge in [-0.2, -0.15) is 0 Å². The minimum Gasteiger partial charge on any atom is -0.207 e. The number of rotatable bonds is 3. The third-order valence-corrected chi connectivity index (χ3v) is 5.42. The molecule has 0 aliphatic heterocycles. The normalized spacial score (nSPS) is 24.2. The summed E-state index contributed by atoms with van der Waals surface area (Å²) < 4.78 is 26.6. The second-order valence-corrected chi connectivity index (χ2v) is 7.47. The van der Waals surface area contributed by atoms with Crippen LogP contribution in [0.25, 0.3) is 0 Å². The van der Waals surface area contributed by atoms with E-state index in [0.717, 1.165) is 6.07 Å². The smallest absolute Gasteiger partial charge is 0.129 e. The molecule has 0 aromatic heterocycles. The minimum atomic E-state index is -0.509. The van der Waals surface area contributed by atoms with Gasteiger partial charge in [0.2, 0.25) is 0 Å². The third-order valence-electron chi connectivity index (χ3n) is 4.46. The van der Waals surface area contributed by atoms with Gasteiger partial charge in [0.25, 0.3) is 0 Å². The topological polar surface area (TPSA) is 0 Å². The molecular weight excluding hydrogens is 310 g/mol. The molecule has 0 radical (unpaired) electrons. The highest BCUT2D eigenvalue weighted by molar-refractivity contribution is 9.09. The van der Waals surface area contributed by atoms with E-state index in [1.165, 1.54) is 31.7 Å². The van der Waals surface area contributed by atoms with Gasteiger partial charge in [-0.05, 0) is 42.2 Å². The fourth-order valence-electron chi connectivity index (χ4n) is 3.23. The Morgan fingerprint density at radius 1 is 1.32 bits per heavy atom. The average molecular weight is 331 g/mol. The van der Waals surface area contributed by atoms with Gasteiger partial charge in [-0.15, -0.1) is 0 Å². The first kappa shape index (κ1) is 15.0. The first-order chi connectivity index (χ1) is 8.90. The van der Waals surface area contributed by atoms with E-state index in [9.17, 15) is 8.78 Å². The van der Waals surface area contributed by atoms with Gasteiger partial charge >= 0.3 is 0 Å². The second-order valence-electron chi connectivity index (χ2n) is 6.30. The number of alkyl halides is 1. The van der Waals surface area contributed by atoms with Gasteiger partial charge in [0.05, 0.1) is 0 Å². The second kappa shape index (κ2) is 5.90. The summed E-state index contributed by atoms with van der Waals surface area (Å²) >= 11 is 3.74. The van der Waals surface area contributed by atoms with E-state index in [1.54, 1.807) is 6.07 Å². The molecular formula is C16H21BrF2. The van der Waals surface area contributed by atoms with Crippen LogP contribution in [0.2, 0.25) is 0 Å². The standard InChI is InChI=1S/C16H21BrF2/c1-16(2)8-4-3-5-13(16)14(17)9-11-6-7-12(18)10-15(11)19/h6-7,10,13-14H,3-5,8-9H2,1-2H3. The van der Waals surface area contributed by atoms with Crippen LogP contribution in [0.1, 0.15) is 45.1 Å². The Bertz CT molecular complexity index is 442. The molecule has 1 saturated carbocycles. The Balaban J connectivity index is 2.09. The van der Waals surface area contributed by atoms with Gasteiger partial charge in [-0.1, -0.05) is 48.7 Å². The lowest BCUT2D eigenvalue weighted by Crippen LogP contribution is -2.35. The van der Waals surface area contributed by atoms with Gasteiger partial charge in [0.1, 0.15) is 11.6 Å². The van der Waals surface area contributed by atoms with Crippen molar-refractivity contribution >= 4 is 15.9 Å². The maximum absolute atomic E-state index is 13.7. The molecule has 106 valence electrons. The molecule has 1 aliphatic rings. The fraction of sp³-hybridized carbons (Fsp3) is 0.625. The molecule has 0 nitrogen and oxygen atoms in total. The Morgan fingerprint density at radius 3 is 2.68 bits per heavy atom. The van der Waals surface area contributed by atoms with Crippen LogP contribution in [0.3, 0.4) is 0 Å². The van der Waals surface area contributed by atoms with Crippen LogP contribution in [-0.2, 0) is 6.42 Å². The van der Waals surface area contributed by atoms with E-state index in [1.807, 2.05) is 0 Å². The molecule has 3 heteroatoms. The van der Waals surface area contributed by atoms with Crippen molar-refractivity contribution in [3.05, 3.63) is 35.4 Å². The largest absolute Gasteiger partial charge is 0.207 e. The van der Waals surface area contributed by atoms with Crippen molar-refractivity contribution in [3.8, 4) is 0 Å². The molecule has 2 rings (SSSR count). The highest BCUT2D eigenvalue weighted by Crippen LogP contribution is 2.45. The zero-order chi connectivity index (χ0) is 14.0. The molecule has 0 N–H and O–H groups in total. The van der Waals surface area contributed by atoms with Crippen LogP contribution < -0.4 is 0 Å². The summed E-state index contributed by atoms with van der Waals surface area (Å²) in [7, 11) is 0. The summed E-state index contributed by atoms with van der Waals surface area (Å²) in [6, 6.07) is 3.87. The quantitative estimate of drug-likeness (QED) is 0.643. The SMILES string of the molecule is CC1(C)CCCCC1C(Br)Cc1ccc(F)cc1F. The molecule has 1 aliphatic carbocycles. The van der Waals surface area contributed by atoms with Gasteiger partial charge in [0.15, 0.2) is 0 Å². The summed E-state index contributed by atoms with van der Waals surface area (Å²) in [6.45, 7) is 4.60. The summed E-state index contributed by atoms with van der Waals surface area (Å²) in [5.74, 6) is -0.394. The molecule has 0 bridgehead atoms. The monoisotopic (exact) mass is 330 g/mol. The van der Waals surface area contributed by atoms with Gasteiger partial charge < -0.3 is 0 Å². The van der Waals surface area contributed by atoms with Crippen molar-refractivity contribution in [2.24, 2.45) is 11.3 Å². The fourth-order valence-corrected chi connectivity index (χ4v) is 4.56. The summed E-state index contributed by atoms with van der Waals surface area (Å²) in [4.78, 5) is 0.253. The maximum atomic E-state index is 13.7. The molecule has 1 aromatic rings. The van der Waals surface area contributed by atoms with Crippen LogP contribution in [0, 0.1) is 23.0 Å². The lowest BCUT2D eigenvalue weighted by atomic mass is 9.67. The molecule has 1 aromatic carbocycles. The Morgan fingerprint density at radius 2 is 2.05 bits per heavy atom. The predicted molar refractivity (Wildman–Crippen MR) is 78.5 cm³/mol. The predicted octanol–water partition coefficient (Wildman–Crippen LogP) is 5.49. The number of hydrogen-bond donors (Lipinski definition) is 0. The number of hydrogen-bond acceptors (Lipinski definition) is 0. The van der Waals surface area contributed by atoms with Crippen molar-refractivity contribution in [1.29, 1.82) is 0 Å². The van der Waals surface area contributed by atoms with Crippen LogP contribution in [-0.4, -0.2) is 4.83 Å². The van der Waals surface area contributed by atoms with Gasteiger partial charge in [-0.25, -0.2) is 8.78 Å². The van der Waals surface area contributed by atoms with Crippen molar-refractivity contribution in [2.45, 2.75) is 50.8 Å². The van der Waals surface area contributed by atoms with Crippen molar-refractivity contribution in [1.82, 2.24) is 0 Å². The zero-order valence-corrected chi connectivity index (χ0v) is 13.1. The minimum absolute atomic E-state index is 0.253. The molecule has 19 heavy (non-hydrogen) atoms. The van der Waals surface area contributed by atoms with Crippen LogP contribution in [0.5, 0.6) is 0 Å². The molecule has 0 spiro atoms. The van der Waals surface area contributed by atoms with E-state index >= 15 is 0 Å². The molecule has 0 heterocycles.